The predicted molar refractivity (Wildman–Crippen MR) is 77.7 cm³/mol. The molecule has 1 aromatic rings. The van der Waals surface area contributed by atoms with Gasteiger partial charge in [0, 0.05) is 6.04 Å². The maximum absolute atomic E-state index is 12.2. The Bertz CT molecular complexity index is 502. The van der Waals surface area contributed by atoms with Gasteiger partial charge in [0.1, 0.15) is 12.6 Å². The molecule has 0 aromatic heterocycles. The average molecular weight is 291 g/mol. The van der Waals surface area contributed by atoms with Gasteiger partial charge in [-0.3, -0.25) is 4.90 Å². The highest BCUT2D eigenvalue weighted by Gasteiger charge is 2.39. The minimum absolute atomic E-state index is 0.127. The van der Waals surface area contributed by atoms with E-state index in [0.717, 1.165) is 12.0 Å². The molecule has 5 heteroatoms. The molecular weight excluding hydrogens is 270 g/mol. The minimum Gasteiger partial charge on any atom is -0.480 e. The SMILES string of the molecule is C[C@@H]1C[C@H](C)N(C(=O)OCc2ccccc2)[C@H](C(=O)O)C1. The van der Waals surface area contributed by atoms with Crippen molar-refractivity contribution in [1.29, 1.82) is 0 Å². The Hall–Kier alpha value is -2.04. The van der Waals surface area contributed by atoms with Crippen molar-refractivity contribution >= 4 is 12.1 Å². The maximum atomic E-state index is 12.2. The van der Waals surface area contributed by atoms with Crippen molar-refractivity contribution in [2.75, 3.05) is 0 Å². The third-order valence-corrected chi connectivity index (χ3v) is 3.88. The highest BCUT2D eigenvalue weighted by atomic mass is 16.6. The van der Waals surface area contributed by atoms with Gasteiger partial charge in [0.05, 0.1) is 0 Å². The van der Waals surface area contributed by atoms with E-state index in [2.05, 4.69) is 0 Å². The molecular formula is C16H21NO4. The number of rotatable bonds is 3. The van der Waals surface area contributed by atoms with Crippen molar-refractivity contribution in [2.45, 2.75) is 45.4 Å². The summed E-state index contributed by atoms with van der Waals surface area (Å²) < 4.78 is 5.28. The Balaban J connectivity index is 2.03. The summed E-state index contributed by atoms with van der Waals surface area (Å²) in [6, 6.07) is 8.43. The molecule has 0 saturated carbocycles. The molecule has 114 valence electrons. The molecule has 0 unspecified atom stereocenters. The second-order valence-electron chi connectivity index (χ2n) is 5.73. The molecule has 1 fully saturated rings. The molecule has 2 rings (SSSR count). The van der Waals surface area contributed by atoms with Crippen LogP contribution in [-0.4, -0.2) is 34.2 Å². The molecule has 3 atom stereocenters. The summed E-state index contributed by atoms with van der Waals surface area (Å²) in [5, 5.41) is 9.33. The number of carbonyl (C=O) groups is 2. The first-order chi connectivity index (χ1) is 9.99. The van der Waals surface area contributed by atoms with Crippen molar-refractivity contribution < 1.29 is 19.4 Å². The molecule has 0 radical (unpaired) electrons. The van der Waals surface area contributed by atoms with Gasteiger partial charge in [-0.05, 0) is 31.2 Å². The molecule has 1 saturated heterocycles. The molecule has 0 bridgehead atoms. The quantitative estimate of drug-likeness (QED) is 0.930. The summed E-state index contributed by atoms with van der Waals surface area (Å²) in [6.45, 7) is 4.04. The molecule has 0 spiro atoms. The fourth-order valence-electron chi connectivity index (χ4n) is 2.91. The highest BCUT2D eigenvalue weighted by molar-refractivity contribution is 5.80. The molecule has 1 aliphatic rings. The number of benzene rings is 1. The third-order valence-electron chi connectivity index (χ3n) is 3.88. The zero-order valence-electron chi connectivity index (χ0n) is 12.4. The van der Waals surface area contributed by atoms with Gasteiger partial charge in [-0.15, -0.1) is 0 Å². The molecule has 21 heavy (non-hydrogen) atoms. The Kier molecular flexibility index (Phi) is 4.83. The topological polar surface area (TPSA) is 66.8 Å². The minimum atomic E-state index is -0.968. The summed E-state index contributed by atoms with van der Waals surface area (Å²) >= 11 is 0. The number of aliphatic carboxylic acids is 1. The van der Waals surface area contributed by atoms with E-state index in [-0.39, 0.29) is 12.6 Å². The largest absolute Gasteiger partial charge is 0.480 e. The molecule has 1 amide bonds. The van der Waals surface area contributed by atoms with E-state index in [1.165, 1.54) is 4.90 Å². The second-order valence-corrected chi connectivity index (χ2v) is 5.73. The van der Waals surface area contributed by atoms with E-state index in [9.17, 15) is 14.7 Å². The number of carbonyl (C=O) groups excluding carboxylic acids is 1. The number of carboxylic acids is 1. The van der Waals surface area contributed by atoms with E-state index >= 15 is 0 Å². The first-order valence-corrected chi connectivity index (χ1v) is 7.21. The fourth-order valence-corrected chi connectivity index (χ4v) is 2.91. The second kappa shape index (κ2) is 6.61. The zero-order chi connectivity index (χ0) is 15.4. The van der Waals surface area contributed by atoms with Crippen molar-refractivity contribution in [3.8, 4) is 0 Å². The first-order valence-electron chi connectivity index (χ1n) is 7.21. The maximum Gasteiger partial charge on any atom is 0.411 e. The average Bonchev–Trinajstić information content (AvgIpc) is 2.45. The van der Waals surface area contributed by atoms with Gasteiger partial charge in [-0.1, -0.05) is 37.3 Å². The van der Waals surface area contributed by atoms with Crippen LogP contribution in [0.1, 0.15) is 32.3 Å². The number of piperidine rings is 1. The van der Waals surface area contributed by atoms with E-state index in [0.29, 0.717) is 12.3 Å². The third kappa shape index (κ3) is 3.74. The van der Waals surface area contributed by atoms with Gasteiger partial charge in [-0.25, -0.2) is 9.59 Å². The van der Waals surface area contributed by atoms with Gasteiger partial charge >= 0.3 is 12.1 Å². The highest BCUT2D eigenvalue weighted by Crippen LogP contribution is 2.28. The monoisotopic (exact) mass is 291 g/mol. The Morgan fingerprint density at radius 1 is 1.24 bits per heavy atom. The number of hydrogen-bond acceptors (Lipinski definition) is 3. The van der Waals surface area contributed by atoms with Crippen LogP contribution in [0.5, 0.6) is 0 Å². The first kappa shape index (κ1) is 15.4. The normalized spacial score (nSPS) is 25.4. The van der Waals surface area contributed by atoms with E-state index < -0.39 is 18.1 Å². The number of nitrogens with zero attached hydrogens (tertiary/aromatic N) is 1. The molecule has 1 heterocycles. The van der Waals surface area contributed by atoms with Gasteiger partial charge < -0.3 is 9.84 Å². The number of amides is 1. The van der Waals surface area contributed by atoms with Gasteiger partial charge in [0.2, 0.25) is 0 Å². The van der Waals surface area contributed by atoms with Crippen LogP contribution in [0.3, 0.4) is 0 Å². The lowest BCUT2D eigenvalue weighted by Gasteiger charge is -2.40. The van der Waals surface area contributed by atoms with Crippen molar-refractivity contribution in [3.05, 3.63) is 35.9 Å². The van der Waals surface area contributed by atoms with Crippen LogP contribution in [0.15, 0.2) is 30.3 Å². The number of hydrogen-bond donors (Lipinski definition) is 1. The summed E-state index contributed by atoms with van der Waals surface area (Å²) in [4.78, 5) is 25.0. The molecule has 1 aromatic carbocycles. The fraction of sp³-hybridized carbons (Fsp3) is 0.500. The van der Waals surface area contributed by atoms with Gasteiger partial charge in [-0.2, -0.15) is 0 Å². The van der Waals surface area contributed by atoms with Crippen LogP contribution < -0.4 is 0 Å². The Labute approximate surface area is 124 Å². The van der Waals surface area contributed by atoms with Gasteiger partial charge in [0.15, 0.2) is 0 Å². The summed E-state index contributed by atoms with van der Waals surface area (Å²) in [5.74, 6) is -0.677. The Morgan fingerprint density at radius 3 is 2.52 bits per heavy atom. The van der Waals surface area contributed by atoms with Crippen LogP contribution >= 0.6 is 0 Å². The zero-order valence-corrected chi connectivity index (χ0v) is 12.4. The summed E-state index contributed by atoms with van der Waals surface area (Å²) in [7, 11) is 0. The standard InChI is InChI=1S/C16H21NO4/c1-11-8-12(2)17(14(9-11)15(18)19)16(20)21-10-13-6-4-3-5-7-13/h3-7,11-12,14H,8-10H2,1-2H3,(H,18,19)/t11-,12+,14+/m1/s1. The predicted octanol–water partition coefficient (Wildman–Crippen LogP) is 2.90. The summed E-state index contributed by atoms with van der Waals surface area (Å²) in [5.41, 5.74) is 0.885. The van der Waals surface area contributed by atoms with E-state index in [1.807, 2.05) is 44.2 Å². The number of carboxylic acid groups (broad SMARTS) is 1. The van der Waals surface area contributed by atoms with Crippen LogP contribution in [0, 0.1) is 5.92 Å². The lowest BCUT2D eigenvalue weighted by atomic mass is 9.88. The smallest absolute Gasteiger partial charge is 0.411 e. The molecule has 1 N–H and O–H groups in total. The van der Waals surface area contributed by atoms with Crippen LogP contribution in [0.2, 0.25) is 0 Å². The van der Waals surface area contributed by atoms with E-state index in [4.69, 9.17) is 4.74 Å². The number of ether oxygens (including phenoxy) is 1. The molecule has 5 nitrogen and oxygen atoms in total. The van der Waals surface area contributed by atoms with Crippen LogP contribution in [0.25, 0.3) is 0 Å². The lowest BCUT2D eigenvalue weighted by molar-refractivity contribution is -0.146. The van der Waals surface area contributed by atoms with Crippen LogP contribution in [-0.2, 0) is 16.1 Å². The van der Waals surface area contributed by atoms with Crippen molar-refractivity contribution in [2.24, 2.45) is 5.92 Å². The van der Waals surface area contributed by atoms with Crippen molar-refractivity contribution in [1.82, 2.24) is 4.90 Å². The Morgan fingerprint density at radius 2 is 1.90 bits per heavy atom. The summed E-state index contributed by atoms with van der Waals surface area (Å²) in [6.07, 6.45) is 0.718. The van der Waals surface area contributed by atoms with E-state index in [1.54, 1.807) is 0 Å². The molecule has 1 aliphatic heterocycles. The van der Waals surface area contributed by atoms with Crippen molar-refractivity contribution in [3.63, 3.8) is 0 Å². The van der Waals surface area contributed by atoms with Crippen LogP contribution in [0.4, 0.5) is 4.79 Å². The lowest BCUT2D eigenvalue weighted by Crippen LogP contribution is -2.54. The molecule has 0 aliphatic carbocycles. The number of likely N-dealkylation sites (tertiary alicyclic amines) is 1. The van der Waals surface area contributed by atoms with Gasteiger partial charge in [0.25, 0.3) is 0 Å².